The summed E-state index contributed by atoms with van der Waals surface area (Å²) in [5.41, 5.74) is 3.50. The van der Waals surface area contributed by atoms with Crippen LogP contribution in [0.15, 0.2) is 47.0 Å². The van der Waals surface area contributed by atoms with E-state index in [1.807, 2.05) is 44.2 Å². The summed E-state index contributed by atoms with van der Waals surface area (Å²) in [6, 6.07) is 11.4. The smallest absolute Gasteiger partial charge is 0.253 e. The van der Waals surface area contributed by atoms with Crippen LogP contribution in [0.1, 0.15) is 27.6 Å². The van der Waals surface area contributed by atoms with Crippen molar-refractivity contribution in [1.82, 2.24) is 25.3 Å². The minimum Gasteiger partial charge on any atom is -0.441 e. The maximum Gasteiger partial charge on any atom is 0.253 e. The Morgan fingerprint density at radius 2 is 1.96 bits per heavy atom. The zero-order valence-corrected chi connectivity index (χ0v) is 15.1. The van der Waals surface area contributed by atoms with Crippen LogP contribution in [0, 0.1) is 13.8 Å². The lowest BCUT2D eigenvalue weighted by Crippen LogP contribution is -2.26. The van der Waals surface area contributed by atoms with Gasteiger partial charge in [0.05, 0.1) is 16.8 Å². The van der Waals surface area contributed by atoms with Gasteiger partial charge in [-0.2, -0.15) is 0 Å². The number of amides is 1. The topological polar surface area (TPSA) is 96.7 Å². The van der Waals surface area contributed by atoms with Crippen LogP contribution in [0.2, 0.25) is 0 Å². The maximum atomic E-state index is 12.5. The summed E-state index contributed by atoms with van der Waals surface area (Å²) in [5, 5.41) is 2.93. The summed E-state index contributed by atoms with van der Waals surface area (Å²) in [5.74, 6) is 1.91. The standard InChI is InChI=1S/C20H19N5O2/c1-12-16(25-20(27-12)14-6-4-3-5-7-14)9-11-22-19(26)15-8-10-21-18-17(15)23-13(2)24-18/h3-8,10H,9,11H2,1-2H3,(H,22,26)(H,21,23,24). The molecule has 136 valence electrons. The minimum atomic E-state index is -0.171. The molecular formula is C20H19N5O2. The predicted octanol–water partition coefficient (Wildman–Crippen LogP) is 3.20. The molecule has 0 aliphatic heterocycles. The molecule has 3 aromatic heterocycles. The molecule has 0 fully saturated rings. The molecule has 27 heavy (non-hydrogen) atoms. The Hall–Kier alpha value is -3.48. The number of oxazole rings is 1. The van der Waals surface area contributed by atoms with Crippen molar-refractivity contribution in [2.24, 2.45) is 0 Å². The molecule has 0 aliphatic carbocycles. The molecule has 0 saturated heterocycles. The number of nitrogens with one attached hydrogen (secondary N) is 2. The van der Waals surface area contributed by atoms with Crippen LogP contribution in [0.25, 0.3) is 22.6 Å². The second kappa shape index (κ2) is 7.03. The van der Waals surface area contributed by atoms with E-state index in [0.717, 1.165) is 22.8 Å². The number of rotatable bonds is 5. The lowest BCUT2D eigenvalue weighted by atomic mass is 10.2. The summed E-state index contributed by atoms with van der Waals surface area (Å²) < 4.78 is 5.76. The number of aryl methyl sites for hydroxylation is 2. The highest BCUT2D eigenvalue weighted by Crippen LogP contribution is 2.21. The van der Waals surface area contributed by atoms with Crippen LogP contribution in [0.4, 0.5) is 0 Å². The first-order chi connectivity index (χ1) is 13.1. The number of hydrogen-bond acceptors (Lipinski definition) is 5. The van der Waals surface area contributed by atoms with Crippen molar-refractivity contribution in [3.8, 4) is 11.5 Å². The van der Waals surface area contributed by atoms with Crippen LogP contribution < -0.4 is 5.32 Å². The Labute approximate surface area is 155 Å². The number of pyridine rings is 1. The van der Waals surface area contributed by atoms with E-state index < -0.39 is 0 Å². The van der Waals surface area contributed by atoms with Crippen LogP contribution in [-0.2, 0) is 6.42 Å². The van der Waals surface area contributed by atoms with Gasteiger partial charge in [0.2, 0.25) is 5.89 Å². The van der Waals surface area contributed by atoms with Crippen molar-refractivity contribution in [2.45, 2.75) is 20.3 Å². The normalized spacial score (nSPS) is 11.0. The largest absolute Gasteiger partial charge is 0.441 e. The molecule has 2 N–H and O–H groups in total. The molecule has 0 unspecified atom stereocenters. The van der Waals surface area contributed by atoms with Gasteiger partial charge in [-0.05, 0) is 32.0 Å². The zero-order chi connectivity index (χ0) is 18.8. The van der Waals surface area contributed by atoms with E-state index in [1.54, 1.807) is 12.3 Å². The fraction of sp³-hybridized carbons (Fsp3) is 0.200. The summed E-state index contributed by atoms with van der Waals surface area (Å²) >= 11 is 0. The molecule has 1 aromatic carbocycles. The van der Waals surface area contributed by atoms with E-state index in [2.05, 4.69) is 25.3 Å². The average Bonchev–Trinajstić information content (AvgIpc) is 3.24. The van der Waals surface area contributed by atoms with Gasteiger partial charge in [0.15, 0.2) is 5.65 Å². The van der Waals surface area contributed by atoms with E-state index in [9.17, 15) is 4.79 Å². The van der Waals surface area contributed by atoms with Gasteiger partial charge in [-0.25, -0.2) is 15.0 Å². The molecule has 0 spiro atoms. The van der Waals surface area contributed by atoms with Crippen LogP contribution in [-0.4, -0.2) is 32.4 Å². The molecule has 1 amide bonds. The fourth-order valence-electron chi connectivity index (χ4n) is 2.97. The molecule has 4 aromatic rings. The summed E-state index contributed by atoms with van der Waals surface area (Å²) in [6.07, 6.45) is 2.18. The van der Waals surface area contributed by atoms with Crippen molar-refractivity contribution in [1.29, 1.82) is 0 Å². The molecule has 0 aliphatic rings. The second-order valence-electron chi connectivity index (χ2n) is 6.27. The Morgan fingerprint density at radius 1 is 1.15 bits per heavy atom. The first-order valence-corrected chi connectivity index (χ1v) is 8.73. The fourth-order valence-corrected chi connectivity index (χ4v) is 2.97. The number of H-pyrrole nitrogens is 1. The third-order valence-corrected chi connectivity index (χ3v) is 4.32. The molecule has 7 heteroatoms. The monoisotopic (exact) mass is 361 g/mol. The lowest BCUT2D eigenvalue weighted by molar-refractivity contribution is 0.0955. The minimum absolute atomic E-state index is 0.171. The quantitative estimate of drug-likeness (QED) is 0.569. The molecule has 0 atom stereocenters. The number of carbonyl (C=O) groups is 1. The summed E-state index contributed by atoms with van der Waals surface area (Å²) in [4.78, 5) is 28.6. The molecule has 0 bridgehead atoms. The van der Waals surface area contributed by atoms with Gasteiger partial charge in [0.25, 0.3) is 5.91 Å². The van der Waals surface area contributed by atoms with Crippen LogP contribution in [0.3, 0.4) is 0 Å². The number of hydrogen-bond donors (Lipinski definition) is 2. The van der Waals surface area contributed by atoms with E-state index in [-0.39, 0.29) is 5.91 Å². The second-order valence-corrected chi connectivity index (χ2v) is 6.27. The molecule has 7 nitrogen and oxygen atoms in total. The summed E-state index contributed by atoms with van der Waals surface area (Å²) in [6.45, 7) is 4.18. The van der Waals surface area contributed by atoms with Crippen molar-refractivity contribution in [2.75, 3.05) is 6.54 Å². The first kappa shape index (κ1) is 17.0. The Balaban J connectivity index is 1.44. The Kier molecular flexibility index (Phi) is 4.42. The van der Waals surface area contributed by atoms with E-state index >= 15 is 0 Å². The van der Waals surface area contributed by atoms with Crippen molar-refractivity contribution in [3.05, 3.63) is 65.4 Å². The average molecular weight is 361 g/mol. The van der Waals surface area contributed by atoms with Gasteiger partial charge in [-0.3, -0.25) is 4.79 Å². The molecule has 0 saturated carbocycles. The maximum absolute atomic E-state index is 12.5. The van der Waals surface area contributed by atoms with Crippen LogP contribution >= 0.6 is 0 Å². The lowest BCUT2D eigenvalue weighted by Gasteiger charge is -2.05. The molecule has 4 rings (SSSR count). The number of imidazole rings is 1. The van der Waals surface area contributed by atoms with Gasteiger partial charge >= 0.3 is 0 Å². The number of nitrogens with zero attached hydrogens (tertiary/aromatic N) is 3. The molecule has 3 heterocycles. The third-order valence-electron chi connectivity index (χ3n) is 4.32. The first-order valence-electron chi connectivity index (χ1n) is 8.73. The number of carbonyl (C=O) groups excluding carboxylic acids is 1. The Morgan fingerprint density at radius 3 is 2.78 bits per heavy atom. The van der Waals surface area contributed by atoms with Crippen molar-refractivity contribution in [3.63, 3.8) is 0 Å². The summed E-state index contributed by atoms with van der Waals surface area (Å²) in [7, 11) is 0. The SMILES string of the molecule is Cc1nc2nccc(C(=O)NCCc3nc(-c4ccccc4)oc3C)c2[nH]1. The van der Waals surface area contributed by atoms with E-state index in [4.69, 9.17) is 4.42 Å². The van der Waals surface area contributed by atoms with Gasteiger partial charge in [0, 0.05) is 24.7 Å². The number of aromatic nitrogens is 4. The van der Waals surface area contributed by atoms with E-state index in [1.165, 1.54) is 0 Å². The number of aromatic amines is 1. The van der Waals surface area contributed by atoms with Gasteiger partial charge in [-0.15, -0.1) is 0 Å². The highest BCUT2D eigenvalue weighted by atomic mass is 16.4. The molecular weight excluding hydrogens is 342 g/mol. The predicted molar refractivity (Wildman–Crippen MR) is 101 cm³/mol. The van der Waals surface area contributed by atoms with Crippen LogP contribution in [0.5, 0.6) is 0 Å². The van der Waals surface area contributed by atoms with Gasteiger partial charge < -0.3 is 14.7 Å². The van der Waals surface area contributed by atoms with E-state index in [0.29, 0.717) is 35.6 Å². The zero-order valence-electron chi connectivity index (χ0n) is 15.1. The number of benzene rings is 1. The highest BCUT2D eigenvalue weighted by molar-refractivity contribution is 6.03. The van der Waals surface area contributed by atoms with Crippen molar-refractivity contribution < 1.29 is 9.21 Å². The third kappa shape index (κ3) is 3.44. The van der Waals surface area contributed by atoms with Crippen molar-refractivity contribution >= 4 is 17.1 Å². The highest BCUT2D eigenvalue weighted by Gasteiger charge is 2.15. The number of fused-ring (bicyclic) bond motifs is 1. The van der Waals surface area contributed by atoms with Gasteiger partial charge in [0.1, 0.15) is 11.6 Å². The Bertz CT molecular complexity index is 1100. The van der Waals surface area contributed by atoms with Gasteiger partial charge in [-0.1, -0.05) is 18.2 Å². The molecule has 0 radical (unpaired) electrons.